The topological polar surface area (TPSA) is 89.4 Å². The van der Waals surface area contributed by atoms with E-state index in [-0.39, 0.29) is 4.90 Å². The number of unbranched alkanes of at least 4 members (excludes halogenated alkanes) is 1. The number of hydrogen-bond acceptors (Lipinski definition) is 4. The zero-order valence-electron chi connectivity index (χ0n) is 10.9. The van der Waals surface area contributed by atoms with Crippen molar-refractivity contribution in [2.24, 2.45) is 5.14 Å². The van der Waals surface area contributed by atoms with Gasteiger partial charge in [0.25, 0.3) is 0 Å². The first kappa shape index (κ1) is 14.8. The highest BCUT2D eigenvalue weighted by molar-refractivity contribution is 7.89. The van der Waals surface area contributed by atoms with Crippen molar-refractivity contribution in [2.45, 2.75) is 31.6 Å². The summed E-state index contributed by atoms with van der Waals surface area (Å²) < 4.78 is 22.7. The highest BCUT2D eigenvalue weighted by atomic mass is 32.2. The van der Waals surface area contributed by atoms with Crippen LogP contribution in [0.3, 0.4) is 0 Å². The summed E-state index contributed by atoms with van der Waals surface area (Å²) in [7, 11) is -3.72. The molecule has 18 heavy (non-hydrogen) atoms. The van der Waals surface area contributed by atoms with Crippen molar-refractivity contribution in [3.63, 3.8) is 0 Å². The summed E-state index contributed by atoms with van der Waals surface area (Å²) in [5.41, 5.74) is 6.94. The van der Waals surface area contributed by atoms with E-state index in [9.17, 15) is 8.42 Å². The van der Waals surface area contributed by atoms with E-state index in [2.05, 4.69) is 11.8 Å². The second-order valence-corrected chi connectivity index (χ2v) is 5.80. The Morgan fingerprint density at radius 3 is 2.39 bits per heavy atom. The van der Waals surface area contributed by atoms with Crippen LogP contribution in [0.2, 0.25) is 0 Å². The molecule has 5 nitrogen and oxygen atoms in total. The molecular formula is C12H21N3O2S. The predicted octanol–water partition coefficient (Wildman–Crippen LogP) is 1.54. The molecule has 1 rings (SSSR count). The van der Waals surface area contributed by atoms with Crippen LogP contribution in [-0.4, -0.2) is 21.5 Å². The number of rotatable bonds is 6. The predicted molar refractivity (Wildman–Crippen MR) is 75.0 cm³/mol. The molecule has 0 saturated heterocycles. The minimum absolute atomic E-state index is 0.0625. The largest absolute Gasteiger partial charge is 0.399 e. The van der Waals surface area contributed by atoms with Gasteiger partial charge in [-0.1, -0.05) is 13.3 Å². The molecule has 0 aliphatic rings. The molecular weight excluding hydrogens is 250 g/mol. The maximum absolute atomic E-state index is 11.4. The molecule has 1 aromatic carbocycles. The summed E-state index contributed by atoms with van der Waals surface area (Å²) in [5, 5.41) is 5.13. The Kier molecular flexibility index (Phi) is 4.98. The van der Waals surface area contributed by atoms with Crippen LogP contribution in [0.5, 0.6) is 0 Å². The molecule has 0 atom stereocenters. The highest BCUT2D eigenvalue weighted by Crippen LogP contribution is 2.23. The standard InChI is InChI=1S/C12H21N3O2S/c1-3-5-6-15(4-2)11-7-10(13)8-12(9-11)18(14,16)17/h7-9H,3-6,13H2,1-2H3,(H2,14,16,17). The Labute approximate surface area is 109 Å². The minimum atomic E-state index is -3.72. The Hall–Kier alpha value is -1.27. The lowest BCUT2D eigenvalue weighted by atomic mass is 10.2. The molecule has 0 unspecified atom stereocenters. The zero-order chi connectivity index (χ0) is 13.8. The van der Waals surface area contributed by atoms with Gasteiger partial charge in [-0.25, -0.2) is 13.6 Å². The molecule has 6 heteroatoms. The minimum Gasteiger partial charge on any atom is -0.399 e. The first-order valence-electron chi connectivity index (χ1n) is 6.06. The van der Waals surface area contributed by atoms with Crippen molar-refractivity contribution in [1.82, 2.24) is 0 Å². The smallest absolute Gasteiger partial charge is 0.238 e. The third-order valence-corrected chi connectivity index (χ3v) is 3.66. The molecule has 0 saturated carbocycles. The Bertz CT molecular complexity index is 500. The van der Waals surface area contributed by atoms with Gasteiger partial charge >= 0.3 is 0 Å². The number of nitrogens with zero attached hydrogens (tertiary/aromatic N) is 1. The molecule has 0 heterocycles. The summed E-state index contributed by atoms with van der Waals surface area (Å²) in [5.74, 6) is 0. The summed E-state index contributed by atoms with van der Waals surface area (Å²) in [6, 6.07) is 4.73. The average molecular weight is 271 g/mol. The van der Waals surface area contributed by atoms with Gasteiger partial charge < -0.3 is 10.6 Å². The number of sulfonamides is 1. The summed E-state index contributed by atoms with van der Waals surface area (Å²) in [6.07, 6.45) is 2.13. The lowest BCUT2D eigenvalue weighted by Crippen LogP contribution is -2.24. The fraction of sp³-hybridized carbons (Fsp3) is 0.500. The van der Waals surface area contributed by atoms with Crippen LogP contribution in [0.4, 0.5) is 11.4 Å². The third-order valence-electron chi connectivity index (χ3n) is 2.77. The normalized spacial score (nSPS) is 11.5. The Morgan fingerprint density at radius 1 is 1.22 bits per heavy atom. The average Bonchev–Trinajstić information content (AvgIpc) is 2.28. The van der Waals surface area contributed by atoms with Crippen molar-refractivity contribution in [1.29, 1.82) is 0 Å². The SMILES string of the molecule is CCCCN(CC)c1cc(N)cc(S(N)(=O)=O)c1. The first-order chi connectivity index (χ1) is 8.38. The van der Waals surface area contributed by atoms with Crippen molar-refractivity contribution < 1.29 is 8.42 Å². The van der Waals surface area contributed by atoms with Crippen LogP contribution < -0.4 is 15.8 Å². The summed E-state index contributed by atoms with van der Waals surface area (Å²) >= 11 is 0. The van der Waals surface area contributed by atoms with Gasteiger partial charge in [-0.3, -0.25) is 0 Å². The van der Waals surface area contributed by atoms with Crippen LogP contribution in [0.15, 0.2) is 23.1 Å². The van der Waals surface area contributed by atoms with E-state index in [4.69, 9.17) is 10.9 Å². The summed E-state index contributed by atoms with van der Waals surface area (Å²) in [4.78, 5) is 2.15. The van der Waals surface area contributed by atoms with Gasteiger partial charge in [0, 0.05) is 24.5 Å². The number of benzene rings is 1. The van der Waals surface area contributed by atoms with Crippen molar-refractivity contribution in [2.75, 3.05) is 23.7 Å². The number of primary sulfonamides is 1. The zero-order valence-corrected chi connectivity index (χ0v) is 11.7. The second-order valence-electron chi connectivity index (χ2n) is 4.24. The monoisotopic (exact) mass is 271 g/mol. The maximum atomic E-state index is 11.4. The Balaban J connectivity index is 3.11. The van der Waals surface area contributed by atoms with E-state index in [1.165, 1.54) is 6.07 Å². The molecule has 0 amide bonds. The number of nitrogens with two attached hydrogens (primary N) is 2. The first-order valence-corrected chi connectivity index (χ1v) is 7.61. The van der Waals surface area contributed by atoms with Crippen molar-refractivity contribution in [3.8, 4) is 0 Å². The lowest BCUT2D eigenvalue weighted by molar-refractivity contribution is 0.597. The van der Waals surface area contributed by atoms with Crippen LogP contribution in [0, 0.1) is 0 Å². The number of hydrogen-bond donors (Lipinski definition) is 2. The quantitative estimate of drug-likeness (QED) is 0.768. The van der Waals surface area contributed by atoms with Crippen LogP contribution in [-0.2, 0) is 10.0 Å². The van der Waals surface area contributed by atoms with E-state index < -0.39 is 10.0 Å². The maximum Gasteiger partial charge on any atom is 0.238 e. The van der Waals surface area contributed by atoms with Gasteiger partial charge in [-0.2, -0.15) is 0 Å². The fourth-order valence-corrected chi connectivity index (χ4v) is 2.36. The van der Waals surface area contributed by atoms with Gasteiger partial charge in [0.2, 0.25) is 10.0 Å². The Morgan fingerprint density at radius 2 is 1.89 bits per heavy atom. The van der Waals surface area contributed by atoms with Gasteiger partial charge in [0.1, 0.15) is 0 Å². The van der Waals surface area contributed by atoms with Gasteiger partial charge in [-0.05, 0) is 31.5 Å². The van der Waals surface area contributed by atoms with Crippen LogP contribution in [0.25, 0.3) is 0 Å². The van der Waals surface area contributed by atoms with Crippen LogP contribution in [0.1, 0.15) is 26.7 Å². The third kappa shape index (κ3) is 3.89. The lowest BCUT2D eigenvalue weighted by Gasteiger charge is -2.23. The van der Waals surface area contributed by atoms with E-state index in [0.717, 1.165) is 31.6 Å². The van der Waals surface area contributed by atoms with E-state index in [0.29, 0.717) is 5.69 Å². The molecule has 0 aliphatic carbocycles. The molecule has 0 spiro atoms. The van der Waals surface area contributed by atoms with E-state index in [1.807, 2.05) is 6.92 Å². The highest BCUT2D eigenvalue weighted by Gasteiger charge is 2.12. The number of anilines is 2. The summed E-state index contributed by atoms with van der Waals surface area (Å²) in [6.45, 7) is 5.81. The molecule has 4 N–H and O–H groups in total. The van der Waals surface area contributed by atoms with Crippen molar-refractivity contribution in [3.05, 3.63) is 18.2 Å². The molecule has 0 aromatic heterocycles. The molecule has 1 aromatic rings. The molecule has 102 valence electrons. The number of nitrogen functional groups attached to an aromatic ring is 1. The molecule has 0 fully saturated rings. The van der Waals surface area contributed by atoms with E-state index in [1.54, 1.807) is 12.1 Å². The molecule has 0 aliphatic heterocycles. The van der Waals surface area contributed by atoms with Gasteiger partial charge in [-0.15, -0.1) is 0 Å². The molecule has 0 radical (unpaired) electrons. The van der Waals surface area contributed by atoms with E-state index >= 15 is 0 Å². The van der Waals surface area contributed by atoms with Gasteiger partial charge in [0.15, 0.2) is 0 Å². The second kappa shape index (κ2) is 6.06. The molecule has 0 bridgehead atoms. The van der Waals surface area contributed by atoms with Crippen LogP contribution >= 0.6 is 0 Å². The fourth-order valence-electron chi connectivity index (χ4n) is 1.77. The van der Waals surface area contributed by atoms with Crippen molar-refractivity contribution >= 4 is 21.4 Å². The van der Waals surface area contributed by atoms with Gasteiger partial charge in [0.05, 0.1) is 4.90 Å².